The minimum Gasteiger partial charge on any atom is -0.478 e. The Morgan fingerprint density at radius 3 is 2.48 bits per heavy atom. The van der Waals surface area contributed by atoms with Crippen LogP contribution in [0.5, 0.6) is 0 Å². The van der Waals surface area contributed by atoms with E-state index in [2.05, 4.69) is 5.32 Å². The molecule has 1 aromatic rings. The molecule has 2 rings (SSSR count). The molecule has 1 saturated heterocycles. The van der Waals surface area contributed by atoms with Gasteiger partial charge in [0.25, 0.3) is 0 Å². The zero-order valence-corrected chi connectivity index (χ0v) is 16.1. The van der Waals surface area contributed by atoms with Gasteiger partial charge in [0.2, 0.25) is 17.7 Å². The Balaban J connectivity index is 2.35. The molecule has 0 bridgehead atoms. The third kappa shape index (κ3) is 5.19. The molecule has 158 valence electrons. The van der Waals surface area contributed by atoms with Crippen molar-refractivity contribution in [3.05, 3.63) is 24.0 Å². The summed E-state index contributed by atoms with van der Waals surface area (Å²) in [4.78, 5) is 59.2. The van der Waals surface area contributed by atoms with Crippen molar-refractivity contribution < 1.29 is 33.8 Å². The maximum absolute atomic E-state index is 13.1. The highest BCUT2D eigenvalue weighted by molar-refractivity contribution is 5.94. The largest absolute Gasteiger partial charge is 0.478 e. The number of nitrogens with two attached hydrogens (primary N) is 2. The van der Waals surface area contributed by atoms with Crippen LogP contribution in [0.4, 0.5) is 0 Å². The predicted molar refractivity (Wildman–Crippen MR) is 98.5 cm³/mol. The predicted octanol–water partition coefficient (Wildman–Crippen LogP) is -1.04. The fourth-order valence-electron chi connectivity index (χ4n) is 3.50. The van der Waals surface area contributed by atoms with Crippen molar-refractivity contribution >= 4 is 29.5 Å². The third-order valence-electron chi connectivity index (χ3n) is 4.74. The van der Waals surface area contributed by atoms with Crippen LogP contribution in [0, 0.1) is 5.41 Å². The first-order valence-electron chi connectivity index (χ1n) is 8.84. The zero-order chi connectivity index (χ0) is 21.9. The number of carboxylic acids is 1. The Morgan fingerprint density at radius 1 is 1.31 bits per heavy atom. The zero-order valence-electron chi connectivity index (χ0n) is 16.1. The van der Waals surface area contributed by atoms with Crippen LogP contribution in [0.25, 0.3) is 0 Å². The summed E-state index contributed by atoms with van der Waals surface area (Å²) >= 11 is 0. The quantitative estimate of drug-likeness (QED) is 0.402. The number of ether oxygens (including phenoxy) is 1. The smallest absolute Gasteiger partial charge is 0.337 e. The Kier molecular flexibility index (Phi) is 6.42. The van der Waals surface area contributed by atoms with Crippen molar-refractivity contribution in [2.75, 3.05) is 6.61 Å². The number of amides is 3. The first-order chi connectivity index (χ1) is 13.4. The molecule has 1 aliphatic rings. The highest BCUT2D eigenvalue weighted by atomic mass is 16.5. The number of aromatic nitrogens is 1. The molecule has 6 N–H and O–H groups in total. The van der Waals surface area contributed by atoms with Crippen molar-refractivity contribution in [2.24, 2.45) is 16.9 Å². The lowest BCUT2D eigenvalue weighted by Gasteiger charge is -2.34. The number of carbonyl (C=O) groups is 5. The molecule has 3 amide bonds. The van der Waals surface area contributed by atoms with Crippen LogP contribution >= 0.6 is 0 Å². The van der Waals surface area contributed by atoms with E-state index in [9.17, 15) is 24.0 Å². The van der Waals surface area contributed by atoms with Gasteiger partial charge in [-0.2, -0.15) is 0 Å². The van der Waals surface area contributed by atoms with Crippen molar-refractivity contribution in [1.82, 2.24) is 9.88 Å². The third-order valence-corrected chi connectivity index (χ3v) is 4.74. The van der Waals surface area contributed by atoms with Crippen LogP contribution in [0.2, 0.25) is 0 Å². The Hall–Kier alpha value is -3.21. The fourth-order valence-corrected chi connectivity index (χ4v) is 3.50. The number of hydrogen-bond acceptors (Lipinski definition) is 6. The Bertz CT molecular complexity index is 845. The average Bonchev–Trinajstić information content (AvgIpc) is 3.15. The Morgan fingerprint density at radius 2 is 1.97 bits per heavy atom. The van der Waals surface area contributed by atoms with Gasteiger partial charge in [0.1, 0.15) is 18.7 Å². The summed E-state index contributed by atoms with van der Waals surface area (Å²) < 4.78 is 6.59. The number of ketones is 1. The number of primary amides is 2. The van der Waals surface area contributed by atoms with Gasteiger partial charge in [-0.15, -0.1) is 0 Å². The molecule has 0 spiro atoms. The summed E-state index contributed by atoms with van der Waals surface area (Å²) in [5, 5.41) is 11.7. The molecule has 11 nitrogen and oxygen atoms in total. The second kappa shape index (κ2) is 8.43. The minimum absolute atomic E-state index is 0.0513. The molecule has 0 aromatic carbocycles. The van der Waals surface area contributed by atoms with Gasteiger partial charge in [0.05, 0.1) is 18.1 Å². The first kappa shape index (κ1) is 22.1. The lowest BCUT2D eigenvalue weighted by molar-refractivity contribution is -0.133. The van der Waals surface area contributed by atoms with E-state index in [4.69, 9.17) is 21.3 Å². The van der Waals surface area contributed by atoms with Gasteiger partial charge in [-0.3, -0.25) is 19.2 Å². The van der Waals surface area contributed by atoms with Gasteiger partial charge in [-0.25, -0.2) is 4.79 Å². The molecular weight excluding hydrogens is 384 g/mol. The molecule has 3 unspecified atom stereocenters. The summed E-state index contributed by atoms with van der Waals surface area (Å²) in [6.45, 7) is 2.97. The fraction of sp³-hybridized carbons (Fsp3) is 0.500. The number of carboxylic acid groups (broad SMARTS) is 1. The lowest BCUT2D eigenvalue weighted by Crippen LogP contribution is -2.51. The Labute approximate surface area is 166 Å². The molecule has 11 heteroatoms. The summed E-state index contributed by atoms with van der Waals surface area (Å²) in [6, 6.07) is -0.843. The summed E-state index contributed by atoms with van der Waals surface area (Å²) in [5.74, 6) is -3.59. The number of nitrogens with one attached hydrogen (secondary N) is 1. The van der Waals surface area contributed by atoms with Gasteiger partial charge < -0.3 is 31.2 Å². The van der Waals surface area contributed by atoms with E-state index in [1.54, 1.807) is 13.8 Å². The van der Waals surface area contributed by atoms with Crippen LogP contribution in [-0.4, -0.2) is 57.9 Å². The molecule has 0 aliphatic carbocycles. The number of Topliss-reactive ketones (excluding diaryl/α,β-unsaturated/α-hetero) is 1. The number of rotatable bonds is 9. The molecule has 2 heterocycles. The molecule has 29 heavy (non-hydrogen) atoms. The van der Waals surface area contributed by atoms with Crippen LogP contribution in [0.15, 0.2) is 18.5 Å². The minimum atomic E-state index is -1.18. The van der Waals surface area contributed by atoms with E-state index in [0.717, 1.165) is 0 Å². The SMILES string of the molecule is CC(C)(CC(N)=O)C(C(=O)NC1C(=O)COC1CC(N)=O)n1ccc(C(=O)O)c1. The molecule has 3 atom stereocenters. The average molecular weight is 408 g/mol. The second-order valence-electron chi connectivity index (χ2n) is 7.66. The van der Waals surface area contributed by atoms with Crippen LogP contribution < -0.4 is 16.8 Å². The van der Waals surface area contributed by atoms with E-state index in [0.29, 0.717) is 0 Å². The van der Waals surface area contributed by atoms with E-state index in [-0.39, 0.29) is 25.0 Å². The van der Waals surface area contributed by atoms with Crippen molar-refractivity contribution in [3.63, 3.8) is 0 Å². The van der Waals surface area contributed by atoms with Crippen LogP contribution in [0.1, 0.15) is 43.1 Å². The van der Waals surface area contributed by atoms with Gasteiger partial charge in [-0.1, -0.05) is 13.8 Å². The van der Waals surface area contributed by atoms with Gasteiger partial charge in [-0.05, 0) is 6.07 Å². The topological polar surface area (TPSA) is 184 Å². The van der Waals surface area contributed by atoms with E-state index in [1.807, 2.05) is 0 Å². The van der Waals surface area contributed by atoms with Crippen LogP contribution in [-0.2, 0) is 23.9 Å². The molecular formula is C18H24N4O7. The molecule has 0 saturated carbocycles. The number of carbonyl (C=O) groups excluding carboxylic acids is 4. The highest BCUT2D eigenvalue weighted by Crippen LogP contribution is 2.35. The van der Waals surface area contributed by atoms with Crippen LogP contribution in [0.3, 0.4) is 0 Å². The van der Waals surface area contributed by atoms with Crippen molar-refractivity contribution in [2.45, 2.75) is 44.9 Å². The molecule has 0 radical (unpaired) electrons. The molecule has 1 fully saturated rings. The van der Waals surface area contributed by atoms with E-state index in [1.165, 1.54) is 23.0 Å². The van der Waals surface area contributed by atoms with Crippen molar-refractivity contribution in [1.29, 1.82) is 0 Å². The number of nitrogens with zero attached hydrogens (tertiary/aromatic N) is 1. The standard InChI is InChI=1S/C18H24N4O7/c1-18(2,6-13(20)25)15(22-4-3-9(7-22)17(27)28)16(26)21-14-10(23)8-29-11(14)5-12(19)24/h3-4,7,11,14-15H,5-6,8H2,1-2H3,(H2,19,24)(H2,20,25)(H,21,26)(H,27,28). The summed E-state index contributed by atoms with van der Waals surface area (Å²) in [6.07, 6.45) is 1.32. The lowest BCUT2D eigenvalue weighted by atomic mass is 9.80. The molecule has 1 aliphatic heterocycles. The number of aromatic carboxylic acids is 1. The van der Waals surface area contributed by atoms with Gasteiger partial charge in [0.15, 0.2) is 5.78 Å². The van der Waals surface area contributed by atoms with Gasteiger partial charge >= 0.3 is 5.97 Å². The van der Waals surface area contributed by atoms with E-state index < -0.39 is 53.1 Å². The first-order valence-corrected chi connectivity index (χ1v) is 8.84. The monoisotopic (exact) mass is 408 g/mol. The second-order valence-corrected chi connectivity index (χ2v) is 7.66. The summed E-state index contributed by atoms with van der Waals surface area (Å²) in [7, 11) is 0. The molecule has 1 aromatic heterocycles. The van der Waals surface area contributed by atoms with E-state index >= 15 is 0 Å². The maximum Gasteiger partial charge on any atom is 0.337 e. The van der Waals surface area contributed by atoms with Crippen molar-refractivity contribution in [3.8, 4) is 0 Å². The highest BCUT2D eigenvalue weighted by Gasteiger charge is 2.43. The summed E-state index contributed by atoms with van der Waals surface area (Å²) in [5.41, 5.74) is 9.40. The number of hydrogen-bond donors (Lipinski definition) is 4. The maximum atomic E-state index is 13.1. The van der Waals surface area contributed by atoms with Gasteiger partial charge in [0, 0.05) is 24.2 Å². The normalized spacial score (nSPS) is 20.3.